The number of aryl methyl sites for hydroxylation is 1. The van der Waals surface area contributed by atoms with Crippen molar-refractivity contribution in [2.24, 2.45) is 0 Å². The maximum absolute atomic E-state index is 12.0. The highest BCUT2D eigenvalue weighted by Crippen LogP contribution is 2.11. The molecule has 0 atom stereocenters. The van der Waals surface area contributed by atoms with Gasteiger partial charge in [-0.3, -0.25) is 4.68 Å². The van der Waals surface area contributed by atoms with Crippen molar-refractivity contribution in [1.82, 2.24) is 14.5 Å². The van der Waals surface area contributed by atoms with Crippen LogP contribution < -0.4 is 4.72 Å². The molecule has 5 nitrogen and oxygen atoms in total. The summed E-state index contributed by atoms with van der Waals surface area (Å²) in [5, 5.41) is 4.38. The lowest BCUT2D eigenvalue weighted by Crippen LogP contribution is -2.28. The monoisotopic (exact) mass is 293 g/mol. The van der Waals surface area contributed by atoms with Gasteiger partial charge in [0.2, 0.25) is 10.0 Å². The molecule has 2 rings (SSSR count). The van der Waals surface area contributed by atoms with Crippen LogP contribution in [0.25, 0.3) is 0 Å². The topological polar surface area (TPSA) is 64.0 Å². The Morgan fingerprint density at radius 1 is 1.15 bits per heavy atom. The van der Waals surface area contributed by atoms with E-state index >= 15 is 0 Å². The minimum absolute atomic E-state index is 0.282. The lowest BCUT2D eigenvalue weighted by molar-refractivity contribution is 0.554. The van der Waals surface area contributed by atoms with Gasteiger partial charge in [0, 0.05) is 12.2 Å². The molecule has 1 aromatic carbocycles. The van der Waals surface area contributed by atoms with Crippen LogP contribution in [0, 0.1) is 20.8 Å². The first-order chi connectivity index (χ1) is 9.42. The fourth-order valence-corrected chi connectivity index (χ4v) is 3.02. The van der Waals surface area contributed by atoms with E-state index in [-0.39, 0.29) is 4.90 Å². The van der Waals surface area contributed by atoms with Gasteiger partial charge in [0.05, 0.1) is 17.1 Å². The summed E-state index contributed by atoms with van der Waals surface area (Å²) < 4.78 is 28.5. The van der Waals surface area contributed by atoms with Crippen LogP contribution in [0.15, 0.2) is 35.2 Å². The summed E-state index contributed by atoms with van der Waals surface area (Å²) in [6.45, 7) is 6.79. The Labute approximate surface area is 119 Å². The van der Waals surface area contributed by atoms with E-state index in [1.54, 1.807) is 30.3 Å². The van der Waals surface area contributed by atoms with Crippen molar-refractivity contribution in [1.29, 1.82) is 0 Å². The van der Waals surface area contributed by atoms with Crippen molar-refractivity contribution in [3.05, 3.63) is 47.3 Å². The van der Waals surface area contributed by atoms with Crippen LogP contribution in [0.2, 0.25) is 0 Å². The molecule has 2 aromatic rings. The Morgan fingerprint density at radius 3 is 2.35 bits per heavy atom. The molecule has 0 saturated heterocycles. The molecular formula is C14H19N3O2S. The van der Waals surface area contributed by atoms with Crippen LogP contribution in [0.5, 0.6) is 0 Å². The number of sulfonamides is 1. The highest BCUT2D eigenvalue weighted by Gasteiger charge is 2.13. The van der Waals surface area contributed by atoms with Crippen LogP contribution >= 0.6 is 0 Å². The highest BCUT2D eigenvalue weighted by atomic mass is 32.2. The number of hydrogen-bond donors (Lipinski definition) is 1. The number of hydrogen-bond acceptors (Lipinski definition) is 3. The first kappa shape index (κ1) is 14.7. The van der Waals surface area contributed by atoms with Gasteiger partial charge in [0.25, 0.3) is 0 Å². The Kier molecular flexibility index (Phi) is 4.25. The number of nitrogens with one attached hydrogen (secondary N) is 1. The highest BCUT2D eigenvalue weighted by molar-refractivity contribution is 7.89. The summed E-state index contributed by atoms with van der Waals surface area (Å²) in [6, 6.07) is 8.36. The van der Waals surface area contributed by atoms with Crippen LogP contribution in [-0.4, -0.2) is 24.7 Å². The standard InChI is InChI=1S/C14H19N3O2S/c1-11-12(2)16-17(13(11)3)10-9-15-20(18,19)14-7-5-4-6-8-14/h4-8,15H,9-10H2,1-3H3. The van der Waals surface area contributed by atoms with Crippen molar-refractivity contribution in [3.8, 4) is 0 Å². The Hall–Kier alpha value is -1.66. The lowest BCUT2D eigenvalue weighted by atomic mass is 10.2. The van der Waals surface area contributed by atoms with E-state index in [1.807, 2.05) is 25.5 Å². The predicted octanol–water partition coefficient (Wildman–Crippen LogP) is 1.79. The van der Waals surface area contributed by atoms with E-state index in [0.717, 1.165) is 17.0 Å². The maximum Gasteiger partial charge on any atom is 0.240 e. The van der Waals surface area contributed by atoms with E-state index in [2.05, 4.69) is 9.82 Å². The summed E-state index contributed by atoms with van der Waals surface area (Å²) in [6.07, 6.45) is 0. The largest absolute Gasteiger partial charge is 0.268 e. The second-order valence-corrected chi connectivity index (χ2v) is 6.50. The summed E-state index contributed by atoms with van der Waals surface area (Å²) >= 11 is 0. The summed E-state index contributed by atoms with van der Waals surface area (Å²) in [5.74, 6) is 0. The minimum Gasteiger partial charge on any atom is -0.268 e. The van der Waals surface area contributed by atoms with Gasteiger partial charge in [-0.2, -0.15) is 5.10 Å². The zero-order valence-corrected chi connectivity index (χ0v) is 12.7. The molecule has 1 heterocycles. The fraction of sp³-hybridized carbons (Fsp3) is 0.357. The number of benzene rings is 1. The first-order valence-corrected chi connectivity index (χ1v) is 7.95. The van der Waals surface area contributed by atoms with E-state index in [9.17, 15) is 8.42 Å². The Bertz CT molecular complexity index is 691. The smallest absolute Gasteiger partial charge is 0.240 e. The summed E-state index contributed by atoms with van der Waals surface area (Å²) in [7, 11) is -3.44. The van der Waals surface area contributed by atoms with Gasteiger partial charge >= 0.3 is 0 Å². The molecule has 0 amide bonds. The van der Waals surface area contributed by atoms with Crippen molar-refractivity contribution >= 4 is 10.0 Å². The minimum atomic E-state index is -3.44. The Morgan fingerprint density at radius 2 is 1.80 bits per heavy atom. The Balaban J connectivity index is 2.01. The normalized spacial score (nSPS) is 11.8. The number of nitrogens with zero attached hydrogens (tertiary/aromatic N) is 2. The maximum atomic E-state index is 12.0. The summed E-state index contributed by atoms with van der Waals surface area (Å²) in [5.41, 5.74) is 3.20. The molecule has 0 radical (unpaired) electrons. The zero-order valence-electron chi connectivity index (χ0n) is 11.9. The molecule has 0 unspecified atom stereocenters. The van der Waals surface area contributed by atoms with Gasteiger partial charge in [-0.1, -0.05) is 18.2 Å². The molecule has 1 N–H and O–H groups in total. The van der Waals surface area contributed by atoms with Gasteiger partial charge in [-0.05, 0) is 38.5 Å². The molecule has 108 valence electrons. The van der Waals surface area contributed by atoms with E-state index < -0.39 is 10.0 Å². The molecule has 0 fully saturated rings. The predicted molar refractivity (Wildman–Crippen MR) is 78.1 cm³/mol. The first-order valence-electron chi connectivity index (χ1n) is 6.47. The molecule has 0 bridgehead atoms. The van der Waals surface area contributed by atoms with Gasteiger partial charge in [0.1, 0.15) is 0 Å². The van der Waals surface area contributed by atoms with Crippen molar-refractivity contribution in [3.63, 3.8) is 0 Å². The quantitative estimate of drug-likeness (QED) is 0.914. The van der Waals surface area contributed by atoms with Gasteiger partial charge in [0.15, 0.2) is 0 Å². The average Bonchev–Trinajstić information content (AvgIpc) is 2.67. The average molecular weight is 293 g/mol. The fourth-order valence-electron chi connectivity index (χ4n) is 1.97. The van der Waals surface area contributed by atoms with E-state index in [4.69, 9.17) is 0 Å². The van der Waals surface area contributed by atoms with Crippen LogP contribution in [-0.2, 0) is 16.6 Å². The molecule has 20 heavy (non-hydrogen) atoms. The van der Waals surface area contributed by atoms with Crippen molar-refractivity contribution < 1.29 is 8.42 Å². The van der Waals surface area contributed by atoms with Crippen LogP contribution in [0.1, 0.15) is 17.0 Å². The third-order valence-corrected chi connectivity index (χ3v) is 4.89. The zero-order chi connectivity index (χ0) is 14.8. The lowest BCUT2D eigenvalue weighted by Gasteiger charge is -2.08. The van der Waals surface area contributed by atoms with Crippen molar-refractivity contribution in [2.75, 3.05) is 6.54 Å². The van der Waals surface area contributed by atoms with Gasteiger partial charge in [-0.25, -0.2) is 13.1 Å². The van der Waals surface area contributed by atoms with Gasteiger partial charge in [-0.15, -0.1) is 0 Å². The second kappa shape index (κ2) is 5.76. The van der Waals surface area contributed by atoms with Crippen LogP contribution in [0.4, 0.5) is 0 Å². The molecule has 0 aliphatic rings. The molecule has 0 aliphatic heterocycles. The second-order valence-electron chi connectivity index (χ2n) is 4.73. The molecule has 0 aliphatic carbocycles. The van der Waals surface area contributed by atoms with Crippen LogP contribution in [0.3, 0.4) is 0 Å². The van der Waals surface area contributed by atoms with E-state index in [0.29, 0.717) is 13.1 Å². The third-order valence-electron chi connectivity index (χ3n) is 3.41. The summed E-state index contributed by atoms with van der Waals surface area (Å²) in [4.78, 5) is 0.282. The van der Waals surface area contributed by atoms with Crippen molar-refractivity contribution in [2.45, 2.75) is 32.2 Å². The van der Waals surface area contributed by atoms with Gasteiger partial charge < -0.3 is 0 Å². The molecular weight excluding hydrogens is 274 g/mol. The molecule has 0 spiro atoms. The van der Waals surface area contributed by atoms with E-state index in [1.165, 1.54) is 0 Å². The SMILES string of the molecule is Cc1nn(CCNS(=O)(=O)c2ccccc2)c(C)c1C. The molecule has 6 heteroatoms. The molecule has 1 aromatic heterocycles. The number of rotatable bonds is 5. The molecule has 0 saturated carbocycles. The third kappa shape index (κ3) is 3.08. The number of aromatic nitrogens is 2.